The molecule has 0 amide bonds. The lowest BCUT2D eigenvalue weighted by Crippen LogP contribution is -2.43. The fraction of sp³-hybridized carbons (Fsp3) is 0.259. The van der Waals surface area contributed by atoms with Crippen molar-refractivity contribution in [1.82, 2.24) is 19.8 Å². The van der Waals surface area contributed by atoms with Crippen LogP contribution in [-0.2, 0) is 17.8 Å². The molecule has 2 heterocycles. The molecule has 1 aliphatic rings. The maximum Gasteiger partial charge on any atom is 0.261 e. The highest BCUT2D eigenvalue weighted by Crippen LogP contribution is 2.29. The minimum atomic E-state index is -2.06. The lowest BCUT2D eigenvalue weighted by Gasteiger charge is -2.32. The lowest BCUT2D eigenvalue weighted by atomic mass is 10.0. The average Bonchev–Trinajstić information content (AvgIpc) is 2.90. The Bertz CT molecular complexity index is 1360. The number of rotatable bonds is 7. The van der Waals surface area contributed by atoms with Crippen LogP contribution in [0.5, 0.6) is 0 Å². The van der Waals surface area contributed by atoms with Crippen LogP contribution >= 0.6 is 0 Å². The first-order valence-electron chi connectivity index (χ1n) is 11.9. The number of hydrogen-bond acceptors (Lipinski definition) is 6. The maximum atomic E-state index is 11.3. The normalized spacial score (nSPS) is 15.6. The molecule has 8 nitrogen and oxygen atoms in total. The Morgan fingerprint density at radius 1 is 1.00 bits per heavy atom. The van der Waals surface area contributed by atoms with E-state index in [1.54, 1.807) is 19.2 Å². The van der Waals surface area contributed by atoms with Gasteiger partial charge in [0.2, 0.25) is 5.95 Å². The third kappa shape index (κ3) is 5.55. The predicted molar refractivity (Wildman–Crippen MR) is 147 cm³/mol. The molecule has 9 heteroatoms. The van der Waals surface area contributed by atoms with Crippen LogP contribution in [0.4, 0.5) is 17.3 Å². The zero-order valence-corrected chi connectivity index (χ0v) is 21.3. The third-order valence-electron chi connectivity index (χ3n) is 6.60. The number of likely N-dealkylation sites (N-methyl/N-ethyl adjacent to an activating group) is 1. The SMILES string of the molecule is CN1CCN(Cc2ccc(-c3cccc4cnc(Nc5ccc(N(C)S(=O)O)cc5)nc34)cc2)CC1. The van der Waals surface area contributed by atoms with Crippen molar-refractivity contribution < 1.29 is 8.76 Å². The molecule has 186 valence electrons. The molecule has 0 saturated carbocycles. The number of nitrogens with zero attached hydrogens (tertiary/aromatic N) is 5. The molecule has 1 saturated heterocycles. The van der Waals surface area contributed by atoms with E-state index in [4.69, 9.17) is 4.98 Å². The fourth-order valence-corrected chi connectivity index (χ4v) is 4.68. The summed E-state index contributed by atoms with van der Waals surface area (Å²) in [5.74, 6) is 0.494. The molecule has 5 rings (SSSR count). The molecule has 1 atom stereocenters. The van der Waals surface area contributed by atoms with Crippen LogP contribution in [0, 0.1) is 0 Å². The standard InChI is InChI=1S/C27H30N6O2S/c1-31-14-16-33(17-15-31)19-20-6-8-21(9-7-20)25-5-3-4-22-18-28-27(30-26(22)25)29-23-10-12-24(13-11-23)32(2)36(34)35/h3-13,18H,14-17,19H2,1-2H3,(H,34,35)(H,28,29,30). The highest BCUT2D eigenvalue weighted by molar-refractivity contribution is 7.80. The van der Waals surface area contributed by atoms with Gasteiger partial charge in [0, 0.05) is 62.6 Å². The van der Waals surface area contributed by atoms with E-state index in [9.17, 15) is 8.76 Å². The van der Waals surface area contributed by atoms with E-state index in [2.05, 4.69) is 57.5 Å². The Labute approximate surface area is 214 Å². The van der Waals surface area contributed by atoms with Crippen LogP contribution in [0.25, 0.3) is 22.0 Å². The summed E-state index contributed by atoms with van der Waals surface area (Å²) in [6.45, 7) is 5.43. The number of fused-ring (bicyclic) bond motifs is 1. The van der Waals surface area contributed by atoms with Gasteiger partial charge in [-0.3, -0.25) is 13.8 Å². The van der Waals surface area contributed by atoms with Gasteiger partial charge in [0.05, 0.1) is 11.2 Å². The first kappa shape index (κ1) is 24.3. The van der Waals surface area contributed by atoms with Gasteiger partial charge in [-0.25, -0.2) is 14.2 Å². The Balaban J connectivity index is 1.35. The summed E-state index contributed by atoms with van der Waals surface area (Å²) in [4.78, 5) is 14.2. The molecule has 3 aromatic carbocycles. The molecule has 0 radical (unpaired) electrons. The van der Waals surface area contributed by atoms with Gasteiger partial charge >= 0.3 is 0 Å². The molecule has 1 unspecified atom stereocenters. The van der Waals surface area contributed by atoms with Gasteiger partial charge in [0.15, 0.2) is 0 Å². The number of anilines is 3. The van der Waals surface area contributed by atoms with Gasteiger partial charge in [-0.2, -0.15) is 0 Å². The van der Waals surface area contributed by atoms with Crippen molar-refractivity contribution in [1.29, 1.82) is 0 Å². The van der Waals surface area contributed by atoms with Gasteiger partial charge in [-0.15, -0.1) is 0 Å². The molecule has 4 aromatic rings. The van der Waals surface area contributed by atoms with Crippen LogP contribution < -0.4 is 9.62 Å². The Morgan fingerprint density at radius 3 is 2.42 bits per heavy atom. The largest absolute Gasteiger partial charge is 0.324 e. The number of hydrogen-bond donors (Lipinski definition) is 2. The van der Waals surface area contributed by atoms with Crippen molar-refractivity contribution in [2.45, 2.75) is 6.54 Å². The van der Waals surface area contributed by atoms with Gasteiger partial charge in [0.25, 0.3) is 11.3 Å². The van der Waals surface area contributed by atoms with Crippen LogP contribution in [-0.4, -0.2) is 68.8 Å². The van der Waals surface area contributed by atoms with Crippen LogP contribution in [0.15, 0.2) is 72.9 Å². The van der Waals surface area contributed by atoms with Gasteiger partial charge in [-0.1, -0.05) is 42.5 Å². The predicted octanol–water partition coefficient (Wildman–Crippen LogP) is 4.36. The van der Waals surface area contributed by atoms with Crippen molar-refractivity contribution in [3.63, 3.8) is 0 Å². The summed E-state index contributed by atoms with van der Waals surface area (Å²) in [6.07, 6.45) is 1.83. The number of nitrogens with one attached hydrogen (secondary N) is 1. The monoisotopic (exact) mass is 502 g/mol. The van der Waals surface area contributed by atoms with Crippen molar-refractivity contribution in [3.8, 4) is 11.1 Å². The van der Waals surface area contributed by atoms with Gasteiger partial charge in [0.1, 0.15) is 0 Å². The molecule has 36 heavy (non-hydrogen) atoms. The van der Waals surface area contributed by atoms with E-state index < -0.39 is 11.3 Å². The molecular formula is C27H30N6O2S. The fourth-order valence-electron chi connectivity index (χ4n) is 4.38. The summed E-state index contributed by atoms with van der Waals surface area (Å²) in [6, 6.07) is 22.1. The lowest BCUT2D eigenvalue weighted by molar-refractivity contribution is 0.148. The van der Waals surface area contributed by atoms with E-state index in [1.165, 1.54) is 9.87 Å². The summed E-state index contributed by atoms with van der Waals surface area (Å²) < 4.78 is 21.8. The molecular weight excluding hydrogens is 472 g/mol. The highest BCUT2D eigenvalue weighted by Gasteiger charge is 2.14. The zero-order valence-electron chi connectivity index (χ0n) is 20.5. The Morgan fingerprint density at radius 2 is 1.72 bits per heavy atom. The van der Waals surface area contributed by atoms with Crippen molar-refractivity contribution >= 4 is 39.5 Å². The van der Waals surface area contributed by atoms with Gasteiger partial charge < -0.3 is 10.2 Å². The Hall–Kier alpha value is -3.37. The molecule has 1 fully saturated rings. The molecule has 0 bridgehead atoms. The topological polar surface area (TPSA) is 84.8 Å². The van der Waals surface area contributed by atoms with E-state index in [0.717, 1.165) is 60.4 Å². The van der Waals surface area contributed by atoms with E-state index >= 15 is 0 Å². The first-order valence-corrected chi connectivity index (χ1v) is 13.0. The molecule has 1 aliphatic heterocycles. The second kappa shape index (κ2) is 10.7. The second-order valence-electron chi connectivity index (χ2n) is 9.11. The number of para-hydroxylation sites is 1. The van der Waals surface area contributed by atoms with Crippen LogP contribution in [0.1, 0.15) is 5.56 Å². The summed E-state index contributed by atoms with van der Waals surface area (Å²) in [5.41, 5.74) is 5.82. The number of piperazine rings is 1. The van der Waals surface area contributed by atoms with Crippen LogP contribution in [0.2, 0.25) is 0 Å². The summed E-state index contributed by atoms with van der Waals surface area (Å²) in [5, 5.41) is 4.21. The van der Waals surface area contributed by atoms with E-state index in [1.807, 2.05) is 30.5 Å². The quantitative estimate of drug-likeness (QED) is 0.363. The number of benzene rings is 3. The molecule has 0 spiro atoms. The van der Waals surface area contributed by atoms with Crippen molar-refractivity contribution in [2.24, 2.45) is 0 Å². The first-order chi connectivity index (χ1) is 17.5. The third-order valence-corrected chi connectivity index (χ3v) is 7.28. The molecule has 1 aromatic heterocycles. The van der Waals surface area contributed by atoms with Gasteiger partial charge in [-0.05, 0) is 42.4 Å². The van der Waals surface area contributed by atoms with Crippen LogP contribution in [0.3, 0.4) is 0 Å². The smallest absolute Gasteiger partial charge is 0.261 e. The Kier molecular flexibility index (Phi) is 7.24. The van der Waals surface area contributed by atoms with E-state index in [-0.39, 0.29) is 0 Å². The van der Waals surface area contributed by atoms with Crippen molar-refractivity contribution in [2.75, 3.05) is 49.9 Å². The minimum absolute atomic E-state index is 0.494. The second-order valence-corrected chi connectivity index (χ2v) is 10.1. The number of aromatic nitrogens is 2. The molecule has 2 N–H and O–H groups in total. The summed E-state index contributed by atoms with van der Waals surface area (Å²) in [7, 11) is 3.74. The van der Waals surface area contributed by atoms with E-state index in [0.29, 0.717) is 11.6 Å². The van der Waals surface area contributed by atoms with Crippen molar-refractivity contribution in [3.05, 3.63) is 78.5 Å². The average molecular weight is 503 g/mol. The highest BCUT2D eigenvalue weighted by atomic mass is 32.2. The molecule has 0 aliphatic carbocycles. The maximum absolute atomic E-state index is 11.3. The minimum Gasteiger partial charge on any atom is -0.324 e. The zero-order chi connectivity index (χ0) is 25.1. The summed E-state index contributed by atoms with van der Waals surface area (Å²) >= 11 is -2.06.